The average Bonchev–Trinajstić information content (AvgIpc) is 2.76. The van der Waals surface area contributed by atoms with Gasteiger partial charge >= 0.3 is 5.97 Å². The third kappa shape index (κ3) is 1.99. The van der Waals surface area contributed by atoms with Crippen LogP contribution in [0.1, 0.15) is 39.0 Å². The lowest BCUT2D eigenvalue weighted by molar-refractivity contribution is -0.151. The first kappa shape index (κ1) is 10.5. The minimum absolute atomic E-state index is 0.0662. The van der Waals surface area contributed by atoms with E-state index in [4.69, 9.17) is 10.00 Å². The van der Waals surface area contributed by atoms with Crippen molar-refractivity contribution >= 4 is 5.97 Å². The van der Waals surface area contributed by atoms with Gasteiger partial charge in [-0.3, -0.25) is 4.79 Å². The lowest BCUT2D eigenvalue weighted by atomic mass is 9.88. The lowest BCUT2D eigenvalue weighted by Crippen LogP contribution is -2.26. The van der Waals surface area contributed by atoms with Crippen LogP contribution in [0.15, 0.2) is 0 Å². The molecule has 15 heavy (non-hydrogen) atoms. The molecule has 2 rings (SSSR count). The molecular weight excluding hydrogens is 190 g/mol. The maximum absolute atomic E-state index is 11.3. The highest BCUT2D eigenvalue weighted by molar-refractivity contribution is 5.69. The number of fused-ring (bicyclic) bond motifs is 2. The lowest BCUT2D eigenvalue weighted by Gasteiger charge is -2.24. The maximum atomic E-state index is 11.3. The Balaban J connectivity index is 1.85. The molecule has 0 aromatic carbocycles. The Morgan fingerprint density at radius 3 is 2.73 bits per heavy atom. The summed E-state index contributed by atoms with van der Waals surface area (Å²) in [5.74, 6) is 1.10. The second-order valence-electron chi connectivity index (χ2n) is 4.74. The molecule has 0 spiro atoms. The highest BCUT2D eigenvalue weighted by Crippen LogP contribution is 2.49. The number of hydrogen-bond acceptors (Lipinski definition) is 3. The summed E-state index contributed by atoms with van der Waals surface area (Å²) in [6.45, 7) is 1.98. The Morgan fingerprint density at radius 1 is 1.40 bits per heavy atom. The van der Waals surface area contributed by atoms with Crippen LogP contribution in [0.2, 0.25) is 0 Å². The zero-order valence-electron chi connectivity index (χ0n) is 9.11. The molecule has 0 amide bonds. The van der Waals surface area contributed by atoms with E-state index in [1.807, 2.05) is 6.92 Å². The van der Waals surface area contributed by atoms with Crippen molar-refractivity contribution in [1.82, 2.24) is 0 Å². The van der Waals surface area contributed by atoms with E-state index in [9.17, 15) is 4.79 Å². The molecule has 0 saturated heterocycles. The third-order valence-electron chi connectivity index (χ3n) is 3.69. The topological polar surface area (TPSA) is 50.1 Å². The summed E-state index contributed by atoms with van der Waals surface area (Å²) in [6.07, 6.45) is 4.42. The molecule has 0 N–H and O–H groups in total. The van der Waals surface area contributed by atoms with E-state index in [1.165, 1.54) is 0 Å². The fourth-order valence-corrected chi connectivity index (χ4v) is 2.96. The summed E-state index contributed by atoms with van der Waals surface area (Å²) in [6, 6.07) is 2.35. The van der Waals surface area contributed by atoms with E-state index in [-0.39, 0.29) is 18.0 Å². The van der Waals surface area contributed by atoms with Crippen molar-refractivity contribution in [3.05, 3.63) is 0 Å². The van der Waals surface area contributed by atoms with Gasteiger partial charge in [-0.1, -0.05) is 6.92 Å². The first-order valence-electron chi connectivity index (χ1n) is 5.83. The van der Waals surface area contributed by atoms with Crippen LogP contribution in [-0.2, 0) is 9.53 Å². The van der Waals surface area contributed by atoms with E-state index in [0.29, 0.717) is 18.3 Å². The predicted octanol–water partition coefficient (Wildman–Crippen LogP) is 2.27. The monoisotopic (exact) mass is 207 g/mol. The molecule has 4 atom stereocenters. The average molecular weight is 207 g/mol. The highest BCUT2D eigenvalue weighted by atomic mass is 16.5. The van der Waals surface area contributed by atoms with Crippen molar-refractivity contribution in [2.24, 2.45) is 17.8 Å². The normalized spacial score (nSPS) is 37.6. The molecule has 82 valence electrons. The molecule has 4 unspecified atom stereocenters. The van der Waals surface area contributed by atoms with E-state index < -0.39 is 0 Å². The summed E-state index contributed by atoms with van der Waals surface area (Å²) in [5, 5.41) is 8.88. The van der Waals surface area contributed by atoms with Gasteiger partial charge in [0, 0.05) is 12.3 Å². The van der Waals surface area contributed by atoms with Crippen LogP contribution in [0.3, 0.4) is 0 Å². The summed E-state index contributed by atoms with van der Waals surface area (Å²) in [5.41, 5.74) is 0. The Hall–Kier alpha value is -1.04. The van der Waals surface area contributed by atoms with Gasteiger partial charge in [0.15, 0.2) is 0 Å². The Kier molecular flexibility index (Phi) is 2.95. The fraction of sp³-hybridized carbons (Fsp3) is 0.833. The maximum Gasteiger partial charge on any atom is 0.306 e. The van der Waals surface area contributed by atoms with Crippen molar-refractivity contribution in [2.75, 3.05) is 0 Å². The molecule has 2 saturated carbocycles. The summed E-state index contributed by atoms with van der Waals surface area (Å²) in [4.78, 5) is 11.3. The van der Waals surface area contributed by atoms with Gasteiger partial charge in [0.25, 0.3) is 0 Å². The predicted molar refractivity (Wildman–Crippen MR) is 54.7 cm³/mol. The number of carbonyl (C=O) groups excluding carboxylic acids is 1. The third-order valence-corrected chi connectivity index (χ3v) is 3.69. The summed E-state index contributed by atoms with van der Waals surface area (Å²) in [7, 11) is 0. The van der Waals surface area contributed by atoms with Crippen LogP contribution in [0, 0.1) is 29.1 Å². The molecule has 0 heterocycles. The Bertz CT molecular complexity index is 294. The number of carbonyl (C=O) groups is 1. The highest BCUT2D eigenvalue weighted by Gasteiger charge is 2.47. The zero-order valence-corrected chi connectivity index (χ0v) is 9.11. The zero-order chi connectivity index (χ0) is 10.8. The van der Waals surface area contributed by atoms with Crippen LogP contribution >= 0.6 is 0 Å². The van der Waals surface area contributed by atoms with E-state index in [1.54, 1.807) is 0 Å². The number of esters is 1. The van der Waals surface area contributed by atoms with Gasteiger partial charge in [0.05, 0.1) is 6.07 Å². The van der Waals surface area contributed by atoms with Gasteiger partial charge in [-0.15, -0.1) is 0 Å². The molecule has 0 aliphatic heterocycles. The van der Waals surface area contributed by atoms with Gasteiger partial charge in [-0.25, -0.2) is 0 Å². The van der Waals surface area contributed by atoms with Gasteiger partial charge in [0.2, 0.25) is 0 Å². The van der Waals surface area contributed by atoms with Crippen molar-refractivity contribution in [2.45, 2.75) is 45.1 Å². The largest absolute Gasteiger partial charge is 0.462 e. The summed E-state index contributed by atoms with van der Waals surface area (Å²) >= 11 is 0. The molecule has 2 aliphatic carbocycles. The first-order chi connectivity index (χ1) is 7.24. The molecule has 0 aromatic rings. The van der Waals surface area contributed by atoms with Crippen molar-refractivity contribution < 1.29 is 9.53 Å². The van der Waals surface area contributed by atoms with E-state index >= 15 is 0 Å². The molecule has 0 aromatic heterocycles. The van der Waals surface area contributed by atoms with Crippen molar-refractivity contribution in [1.29, 1.82) is 5.26 Å². The standard InChI is InChI=1S/C12H17NO2/c1-2-3-12(14)15-11-6-8-4-9(11)5-10(8)7-13/h8-11H,2-6H2,1H3. The van der Waals surface area contributed by atoms with E-state index in [2.05, 4.69) is 6.07 Å². The molecule has 2 aliphatic rings. The van der Waals surface area contributed by atoms with Crippen LogP contribution in [0.25, 0.3) is 0 Å². The quantitative estimate of drug-likeness (QED) is 0.667. The second-order valence-corrected chi connectivity index (χ2v) is 4.74. The smallest absolute Gasteiger partial charge is 0.306 e. The van der Waals surface area contributed by atoms with Gasteiger partial charge in [-0.2, -0.15) is 5.26 Å². The van der Waals surface area contributed by atoms with Crippen LogP contribution < -0.4 is 0 Å². The second kappa shape index (κ2) is 4.22. The van der Waals surface area contributed by atoms with Crippen LogP contribution in [-0.4, -0.2) is 12.1 Å². The van der Waals surface area contributed by atoms with Gasteiger partial charge < -0.3 is 4.74 Å². The fourth-order valence-electron chi connectivity index (χ4n) is 2.96. The molecule has 3 nitrogen and oxygen atoms in total. The Labute approximate surface area is 90.4 Å². The first-order valence-corrected chi connectivity index (χ1v) is 5.83. The Morgan fingerprint density at radius 2 is 2.20 bits per heavy atom. The number of rotatable bonds is 3. The van der Waals surface area contributed by atoms with Crippen LogP contribution in [0.5, 0.6) is 0 Å². The SMILES string of the molecule is CCCC(=O)OC1CC2CC1CC2C#N. The molecule has 0 radical (unpaired) electrons. The number of nitrogens with zero attached hydrogens (tertiary/aromatic N) is 1. The number of nitriles is 1. The minimum atomic E-state index is -0.0662. The molecule has 3 heteroatoms. The van der Waals surface area contributed by atoms with Crippen LogP contribution in [0.4, 0.5) is 0 Å². The number of ether oxygens (including phenoxy) is 1. The van der Waals surface area contributed by atoms with Gasteiger partial charge in [-0.05, 0) is 37.5 Å². The number of hydrogen-bond donors (Lipinski definition) is 0. The van der Waals surface area contributed by atoms with Crippen molar-refractivity contribution in [3.8, 4) is 6.07 Å². The molecular formula is C12H17NO2. The van der Waals surface area contributed by atoms with Crippen molar-refractivity contribution in [3.63, 3.8) is 0 Å². The van der Waals surface area contributed by atoms with E-state index in [0.717, 1.165) is 25.7 Å². The molecule has 2 fully saturated rings. The molecule has 2 bridgehead atoms. The summed E-state index contributed by atoms with van der Waals surface area (Å²) < 4.78 is 5.43. The van der Waals surface area contributed by atoms with Gasteiger partial charge in [0.1, 0.15) is 6.10 Å². The minimum Gasteiger partial charge on any atom is -0.462 e.